The van der Waals surface area contributed by atoms with E-state index in [-0.39, 0.29) is 12.6 Å². The molecule has 0 saturated carbocycles. The van der Waals surface area contributed by atoms with Crippen LogP contribution in [0.3, 0.4) is 0 Å². The van der Waals surface area contributed by atoms with Gasteiger partial charge in [-0.15, -0.1) is 0 Å². The number of ether oxygens (including phenoxy) is 1. The number of rotatable bonds is 8. The second-order valence-corrected chi connectivity index (χ2v) is 5.41. The summed E-state index contributed by atoms with van der Waals surface area (Å²) in [5, 5.41) is 21.9. The summed E-state index contributed by atoms with van der Waals surface area (Å²) in [5.41, 5.74) is 6.89. The van der Waals surface area contributed by atoms with E-state index >= 15 is 0 Å². The Morgan fingerprint density at radius 3 is 2.58 bits per heavy atom. The number of aliphatic hydroxyl groups excluding tert-OH is 1. The van der Waals surface area contributed by atoms with Crippen LogP contribution >= 0.6 is 0 Å². The van der Waals surface area contributed by atoms with E-state index in [1.807, 2.05) is 6.92 Å². The summed E-state index contributed by atoms with van der Waals surface area (Å²) in [6.07, 6.45) is 0.471. The first kappa shape index (κ1) is 17.7. The fourth-order valence-electron chi connectivity index (χ4n) is 2.12. The summed E-state index contributed by atoms with van der Waals surface area (Å²) < 4.78 is 5.67. The van der Waals surface area contributed by atoms with E-state index in [2.05, 4.69) is 10.3 Å². The Balaban J connectivity index is 1.81. The maximum atomic E-state index is 10.6. The zero-order valence-electron chi connectivity index (χ0n) is 13.3. The molecule has 1 aromatic heterocycles. The first-order chi connectivity index (χ1) is 11.4. The van der Waals surface area contributed by atoms with Gasteiger partial charge < -0.3 is 20.7 Å². The number of nitrogens with zero attached hydrogens (tertiary/aromatic N) is 1. The van der Waals surface area contributed by atoms with Gasteiger partial charge in [-0.2, -0.15) is 0 Å². The minimum absolute atomic E-state index is 0.0180. The predicted octanol–water partition coefficient (Wildman–Crippen LogP) is 1.34. The summed E-state index contributed by atoms with van der Waals surface area (Å²) in [4.78, 5) is 14.6. The zero-order valence-corrected chi connectivity index (χ0v) is 13.3. The third-order valence-corrected chi connectivity index (χ3v) is 3.38. The zero-order chi connectivity index (χ0) is 17.5. The fourth-order valence-corrected chi connectivity index (χ4v) is 2.12. The van der Waals surface area contributed by atoms with Crippen LogP contribution in [0.25, 0.3) is 0 Å². The molecule has 5 N–H and O–H groups in total. The number of aliphatic carboxylic acids is 1. The van der Waals surface area contributed by atoms with E-state index in [0.717, 1.165) is 0 Å². The topological polar surface area (TPSA) is 118 Å². The maximum Gasteiger partial charge on any atom is 0.307 e. The van der Waals surface area contributed by atoms with Gasteiger partial charge in [-0.1, -0.05) is 18.2 Å². The van der Waals surface area contributed by atoms with E-state index in [1.165, 1.54) is 6.20 Å². The Kier molecular flexibility index (Phi) is 6.11. The van der Waals surface area contributed by atoms with Crippen molar-refractivity contribution in [1.29, 1.82) is 0 Å². The molecule has 0 aliphatic carbocycles. The van der Waals surface area contributed by atoms with Crippen LogP contribution in [-0.4, -0.2) is 33.9 Å². The number of hydrogen-bond acceptors (Lipinski definition) is 6. The summed E-state index contributed by atoms with van der Waals surface area (Å²) >= 11 is 0. The van der Waals surface area contributed by atoms with E-state index in [4.69, 9.17) is 15.6 Å². The first-order valence-electron chi connectivity index (χ1n) is 7.54. The van der Waals surface area contributed by atoms with Crippen molar-refractivity contribution in [3.8, 4) is 5.75 Å². The highest BCUT2D eigenvalue weighted by molar-refractivity contribution is 5.70. The molecule has 7 nitrogen and oxygen atoms in total. The smallest absolute Gasteiger partial charge is 0.307 e. The molecular formula is C17H21N3O4. The molecule has 0 bridgehead atoms. The molecule has 128 valence electrons. The minimum atomic E-state index is -0.871. The number of benzene rings is 1. The second-order valence-electron chi connectivity index (χ2n) is 5.41. The van der Waals surface area contributed by atoms with Gasteiger partial charge in [-0.3, -0.25) is 10.1 Å². The molecule has 0 aliphatic heterocycles. The molecule has 0 fully saturated rings. The monoisotopic (exact) mass is 331 g/mol. The summed E-state index contributed by atoms with van der Waals surface area (Å²) in [6, 6.07) is 10.2. The van der Waals surface area contributed by atoms with Crippen molar-refractivity contribution in [2.24, 2.45) is 0 Å². The van der Waals surface area contributed by atoms with Crippen molar-refractivity contribution in [3.05, 3.63) is 53.7 Å². The Labute approximate surface area is 140 Å². The lowest BCUT2D eigenvalue weighted by Gasteiger charge is -2.19. The molecule has 2 aromatic rings. The van der Waals surface area contributed by atoms with Crippen molar-refractivity contribution in [2.75, 3.05) is 12.3 Å². The molecule has 0 spiro atoms. The summed E-state index contributed by atoms with van der Waals surface area (Å²) in [6.45, 7) is 2.11. The van der Waals surface area contributed by atoms with Gasteiger partial charge >= 0.3 is 5.97 Å². The number of carboxylic acids is 1. The minimum Gasteiger partial charge on any atom is -0.481 e. The van der Waals surface area contributed by atoms with Crippen molar-refractivity contribution in [1.82, 2.24) is 10.3 Å². The number of nitrogen functional groups attached to an aromatic ring is 1. The Hall–Kier alpha value is -2.64. The molecule has 0 radical (unpaired) electrons. The summed E-state index contributed by atoms with van der Waals surface area (Å²) in [5.74, 6) is 0.152. The first-order valence-corrected chi connectivity index (χ1v) is 7.54. The van der Waals surface area contributed by atoms with Crippen LogP contribution in [0, 0.1) is 0 Å². The van der Waals surface area contributed by atoms with Crippen LogP contribution in [0.1, 0.15) is 24.2 Å². The number of hydrogen-bond donors (Lipinski definition) is 4. The molecule has 2 unspecified atom stereocenters. The van der Waals surface area contributed by atoms with Gasteiger partial charge in [-0.05, 0) is 30.7 Å². The number of aromatic nitrogens is 1. The number of carboxylic acid groups (broad SMARTS) is 1. The number of nitrogens with one attached hydrogen (secondary N) is 1. The molecule has 7 heteroatoms. The molecule has 0 saturated heterocycles. The van der Waals surface area contributed by atoms with Crippen molar-refractivity contribution in [2.45, 2.75) is 25.7 Å². The highest BCUT2D eigenvalue weighted by Gasteiger charge is 2.11. The number of aliphatic hydroxyl groups is 1. The Morgan fingerprint density at radius 2 is 2.00 bits per heavy atom. The normalized spacial score (nSPS) is 13.2. The standard InChI is InChI=1S/C17H21N3O4/c1-11(19-10-15(21)13-4-7-16(18)20-9-13)24-14-5-2-12(3-6-14)8-17(22)23/h2-7,9,11,15,19,21H,8,10H2,1H3,(H2,18,20)(H,22,23). The van der Waals surface area contributed by atoms with E-state index < -0.39 is 12.1 Å². The number of anilines is 1. The molecule has 1 aromatic carbocycles. The molecule has 1 heterocycles. The molecule has 2 rings (SSSR count). The third-order valence-electron chi connectivity index (χ3n) is 3.38. The molecular weight excluding hydrogens is 310 g/mol. The Bertz CT molecular complexity index is 659. The van der Waals surface area contributed by atoms with Crippen molar-refractivity contribution < 1.29 is 19.7 Å². The van der Waals surface area contributed by atoms with Crippen LogP contribution in [0.5, 0.6) is 5.75 Å². The second kappa shape index (κ2) is 8.28. The molecule has 2 atom stereocenters. The van der Waals surface area contributed by atoms with Crippen LogP contribution in [-0.2, 0) is 11.2 Å². The number of carbonyl (C=O) groups is 1. The average Bonchev–Trinajstić information content (AvgIpc) is 2.54. The van der Waals surface area contributed by atoms with Crippen LogP contribution in [0.4, 0.5) is 5.82 Å². The van der Waals surface area contributed by atoms with Crippen molar-refractivity contribution >= 4 is 11.8 Å². The van der Waals surface area contributed by atoms with Gasteiger partial charge in [0.1, 0.15) is 17.8 Å². The number of nitrogens with two attached hydrogens (primary N) is 1. The average molecular weight is 331 g/mol. The lowest BCUT2D eigenvalue weighted by molar-refractivity contribution is -0.136. The van der Waals surface area contributed by atoms with Gasteiger partial charge in [0.25, 0.3) is 0 Å². The Morgan fingerprint density at radius 1 is 1.29 bits per heavy atom. The van der Waals surface area contributed by atoms with Crippen LogP contribution in [0.15, 0.2) is 42.6 Å². The largest absolute Gasteiger partial charge is 0.481 e. The lowest BCUT2D eigenvalue weighted by Crippen LogP contribution is -2.34. The highest BCUT2D eigenvalue weighted by atomic mass is 16.5. The highest BCUT2D eigenvalue weighted by Crippen LogP contribution is 2.15. The summed E-state index contributed by atoms with van der Waals surface area (Å²) in [7, 11) is 0. The van der Waals surface area contributed by atoms with Crippen LogP contribution in [0.2, 0.25) is 0 Å². The predicted molar refractivity (Wildman–Crippen MR) is 89.5 cm³/mol. The van der Waals surface area contributed by atoms with Gasteiger partial charge in [-0.25, -0.2) is 4.98 Å². The van der Waals surface area contributed by atoms with E-state index in [1.54, 1.807) is 36.4 Å². The van der Waals surface area contributed by atoms with Crippen molar-refractivity contribution in [3.63, 3.8) is 0 Å². The quantitative estimate of drug-likeness (QED) is 0.539. The van der Waals surface area contributed by atoms with Gasteiger partial charge in [0.2, 0.25) is 0 Å². The van der Waals surface area contributed by atoms with Gasteiger partial charge in [0.15, 0.2) is 0 Å². The molecule has 24 heavy (non-hydrogen) atoms. The van der Waals surface area contributed by atoms with E-state index in [9.17, 15) is 9.90 Å². The third kappa shape index (κ3) is 5.53. The van der Waals surface area contributed by atoms with E-state index in [0.29, 0.717) is 29.2 Å². The molecule has 0 amide bonds. The SMILES string of the molecule is CC(NCC(O)c1ccc(N)nc1)Oc1ccc(CC(=O)O)cc1. The number of pyridine rings is 1. The van der Waals surface area contributed by atoms with Gasteiger partial charge in [0.05, 0.1) is 12.5 Å². The van der Waals surface area contributed by atoms with Crippen LogP contribution < -0.4 is 15.8 Å². The van der Waals surface area contributed by atoms with Gasteiger partial charge in [0, 0.05) is 18.3 Å². The lowest BCUT2D eigenvalue weighted by atomic mass is 10.1. The maximum absolute atomic E-state index is 10.6. The fraction of sp³-hybridized carbons (Fsp3) is 0.294. The molecule has 0 aliphatic rings.